The average molecular weight is 393 g/mol. The minimum absolute atomic E-state index is 0.176. The minimum atomic E-state index is -3.37. The fraction of sp³-hybridized carbons (Fsp3) is 0.579. The normalized spacial score (nSPS) is 14.8. The highest BCUT2D eigenvalue weighted by molar-refractivity contribution is 7.91. The summed E-state index contributed by atoms with van der Waals surface area (Å²) in [5, 5.41) is 0.176. The van der Waals surface area contributed by atoms with Gasteiger partial charge in [-0.3, -0.25) is 9.88 Å². The monoisotopic (exact) mass is 392 g/mol. The third-order valence-electron chi connectivity index (χ3n) is 4.86. The van der Waals surface area contributed by atoms with Gasteiger partial charge in [0, 0.05) is 39.1 Å². The van der Waals surface area contributed by atoms with E-state index in [4.69, 9.17) is 4.74 Å². The molecule has 0 atom stereocenters. The Hall–Kier alpha value is -1.77. The van der Waals surface area contributed by atoms with Crippen LogP contribution in [0.3, 0.4) is 0 Å². The zero-order valence-electron chi connectivity index (χ0n) is 16.3. The van der Waals surface area contributed by atoms with E-state index in [1.165, 1.54) is 5.56 Å². The molecule has 0 aliphatic heterocycles. The molecule has 2 aromatic heterocycles. The fourth-order valence-electron chi connectivity index (χ4n) is 3.16. The SMILES string of the molecule is COCCn1c(CN(C)Cc2ccncc2C)cnc1S(=O)(=O)CC1CC1. The summed E-state index contributed by atoms with van der Waals surface area (Å²) in [6, 6.07) is 2.01. The summed E-state index contributed by atoms with van der Waals surface area (Å²) in [6.07, 6.45) is 7.33. The van der Waals surface area contributed by atoms with Gasteiger partial charge in [-0.1, -0.05) is 0 Å². The molecule has 0 radical (unpaired) electrons. The van der Waals surface area contributed by atoms with Gasteiger partial charge in [-0.2, -0.15) is 0 Å². The van der Waals surface area contributed by atoms with Gasteiger partial charge in [0.05, 0.1) is 24.3 Å². The second-order valence-electron chi connectivity index (χ2n) is 7.38. The highest BCUT2D eigenvalue weighted by Gasteiger charge is 2.32. The lowest BCUT2D eigenvalue weighted by atomic mass is 10.1. The number of methoxy groups -OCH3 is 1. The van der Waals surface area contributed by atoms with E-state index in [-0.39, 0.29) is 10.9 Å². The Balaban J connectivity index is 1.78. The van der Waals surface area contributed by atoms with Gasteiger partial charge >= 0.3 is 0 Å². The molecule has 7 nitrogen and oxygen atoms in total. The van der Waals surface area contributed by atoms with Crippen molar-refractivity contribution < 1.29 is 13.2 Å². The smallest absolute Gasteiger partial charge is 0.227 e. The molecule has 1 aliphatic carbocycles. The number of ether oxygens (including phenoxy) is 1. The van der Waals surface area contributed by atoms with Crippen LogP contribution in [0.4, 0.5) is 0 Å². The van der Waals surface area contributed by atoms with Crippen LogP contribution in [0.25, 0.3) is 0 Å². The van der Waals surface area contributed by atoms with Gasteiger partial charge in [0.15, 0.2) is 0 Å². The number of rotatable bonds is 10. The summed E-state index contributed by atoms with van der Waals surface area (Å²) in [5.41, 5.74) is 3.23. The van der Waals surface area contributed by atoms with Gasteiger partial charge in [-0.15, -0.1) is 0 Å². The number of aromatic nitrogens is 3. The van der Waals surface area contributed by atoms with Crippen LogP contribution in [-0.2, 0) is 34.2 Å². The van der Waals surface area contributed by atoms with E-state index in [2.05, 4.69) is 14.9 Å². The Morgan fingerprint density at radius 1 is 1.30 bits per heavy atom. The Morgan fingerprint density at radius 3 is 2.74 bits per heavy atom. The second-order valence-corrected chi connectivity index (χ2v) is 9.30. The van der Waals surface area contributed by atoms with Gasteiger partial charge in [-0.05, 0) is 49.9 Å². The van der Waals surface area contributed by atoms with Crippen molar-refractivity contribution in [2.24, 2.45) is 5.92 Å². The molecule has 0 unspecified atom stereocenters. The van der Waals surface area contributed by atoms with Crippen LogP contribution in [0.2, 0.25) is 0 Å². The molecule has 0 N–H and O–H groups in total. The van der Waals surface area contributed by atoms with Crippen LogP contribution in [0.15, 0.2) is 29.8 Å². The summed E-state index contributed by atoms with van der Waals surface area (Å²) in [6.45, 7) is 4.34. The van der Waals surface area contributed by atoms with Crippen molar-refractivity contribution in [3.05, 3.63) is 41.5 Å². The molecule has 3 rings (SSSR count). The topological polar surface area (TPSA) is 77.3 Å². The molecule has 27 heavy (non-hydrogen) atoms. The molecule has 0 aromatic carbocycles. The van der Waals surface area contributed by atoms with E-state index >= 15 is 0 Å². The van der Waals surface area contributed by atoms with Crippen LogP contribution < -0.4 is 0 Å². The first kappa shape index (κ1) is 20.0. The zero-order chi connectivity index (χ0) is 19.4. The van der Waals surface area contributed by atoms with Crippen molar-refractivity contribution >= 4 is 9.84 Å². The van der Waals surface area contributed by atoms with Crippen molar-refractivity contribution in [3.63, 3.8) is 0 Å². The molecule has 2 heterocycles. The summed E-state index contributed by atoms with van der Waals surface area (Å²) in [4.78, 5) is 10.6. The molecule has 1 fully saturated rings. The van der Waals surface area contributed by atoms with Crippen LogP contribution in [0.5, 0.6) is 0 Å². The van der Waals surface area contributed by atoms with E-state index < -0.39 is 9.84 Å². The first-order valence-corrected chi connectivity index (χ1v) is 10.9. The highest BCUT2D eigenvalue weighted by Crippen LogP contribution is 2.32. The molecule has 1 aliphatic rings. The Bertz CT molecular complexity index is 875. The van der Waals surface area contributed by atoms with E-state index in [1.807, 2.05) is 26.2 Å². The molecule has 2 aromatic rings. The van der Waals surface area contributed by atoms with Crippen molar-refractivity contribution in [1.82, 2.24) is 19.4 Å². The van der Waals surface area contributed by atoms with Crippen molar-refractivity contribution in [3.8, 4) is 0 Å². The Morgan fingerprint density at radius 2 is 2.07 bits per heavy atom. The number of imidazole rings is 1. The van der Waals surface area contributed by atoms with Crippen LogP contribution >= 0.6 is 0 Å². The lowest BCUT2D eigenvalue weighted by Gasteiger charge is -2.19. The lowest BCUT2D eigenvalue weighted by Crippen LogP contribution is -2.23. The Labute approximate surface area is 161 Å². The number of sulfone groups is 1. The minimum Gasteiger partial charge on any atom is -0.383 e. The first-order valence-electron chi connectivity index (χ1n) is 9.25. The average Bonchev–Trinajstić information content (AvgIpc) is 3.32. The molecule has 8 heteroatoms. The predicted octanol–water partition coefficient (Wildman–Crippen LogP) is 2.05. The highest BCUT2D eigenvalue weighted by atomic mass is 32.2. The van der Waals surface area contributed by atoms with Gasteiger partial charge in [-0.25, -0.2) is 13.4 Å². The van der Waals surface area contributed by atoms with Crippen LogP contribution in [0.1, 0.15) is 29.7 Å². The summed E-state index contributed by atoms with van der Waals surface area (Å²) >= 11 is 0. The largest absolute Gasteiger partial charge is 0.383 e. The number of hydrogen-bond donors (Lipinski definition) is 0. The third-order valence-corrected chi connectivity index (χ3v) is 6.65. The number of nitrogens with zero attached hydrogens (tertiary/aromatic N) is 4. The third kappa shape index (κ3) is 5.15. The lowest BCUT2D eigenvalue weighted by molar-refractivity contribution is 0.182. The van der Waals surface area contributed by atoms with E-state index in [0.717, 1.165) is 30.6 Å². The molecular formula is C19H28N4O3S. The van der Waals surface area contributed by atoms with Gasteiger partial charge < -0.3 is 9.30 Å². The molecular weight excluding hydrogens is 364 g/mol. The fourth-order valence-corrected chi connectivity index (χ4v) is 5.02. The number of hydrogen-bond acceptors (Lipinski definition) is 6. The number of pyridine rings is 1. The predicted molar refractivity (Wildman–Crippen MR) is 103 cm³/mol. The van der Waals surface area contributed by atoms with Gasteiger partial charge in [0.2, 0.25) is 15.0 Å². The zero-order valence-corrected chi connectivity index (χ0v) is 17.1. The van der Waals surface area contributed by atoms with E-state index in [9.17, 15) is 8.42 Å². The maximum Gasteiger partial charge on any atom is 0.227 e. The first-order chi connectivity index (χ1) is 12.9. The van der Waals surface area contributed by atoms with E-state index in [1.54, 1.807) is 24.1 Å². The summed E-state index contributed by atoms with van der Waals surface area (Å²) in [5.74, 6) is 0.492. The second kappa shape index (κ2) is 8.50. The summed E-state index contributed by atoms with van der Waals surface area (Å²) < 4.78 is 32.5. The van der Waals surface area contributed by atoms with Crippen LogP contribution in [0, 0.1) is 12.8 Å². The molecule has 1 saturated carbocycles. The Kier molecular flexibility index (Phi) is 6.29. The van der Waals surface area contributed by atoms with Gasteiger partial charge in [0.1, 0.15) is 0 Å². The molecule has 0 bridgehead atoms. The molecule has 0 saturated heterocycles. The van der Waals surface area contributed by atoms with Crippen molar-refractivity contribution in [2.75, 3.05) is 26.5 Å². The number of aryl methyl sites for hydroxylation is 1. The maximum atomic E-state index is 12.8. The van der Waals surface area contributed by atoms with E-state index in [0.29, 0.717) is 25.6 Å². The summed E-state index contributed by atoms with van der Waals surface area (Å²) in [7, 11) is 0.269. The van der Waals surface area contributed by atoms with Crippen molar-refractivity contribution in [2.45, 2.75) is 44.6 Å². The van der Waals surface area contributed by atoms with Gasteiger partial charge in [0.25, 0.3) is 0 Å². The quantitative estimate of drug-likeness (QED) is 0.616. The maximum absolute atomic E-state index is 12.8. The standard InChI is InChI=1S/C19H28N4O3S/c1-15-10-20-7-6-17(15)12-22(2)13-18-11-21-19(23(18)8-9-26-3)27(24,25)14-16-4-5-16/h6-7,10-11,16H,4-5,8-9,12-14H2,1-3H3. The molecule has 148 valence electrons. The van der Waals surface area contributed by atoms with Crippen molar-refractivity contribution in [1.29, 1.82) is 0 Å². The molecule has 0 spiro atoms. The molecule has 0 amide bonds. The van der Waals surface area contributed by atoms with Crippen LogP contribution in [-0.4, -0.2) is 54.4 Å².